The van der Waals surface area contributed by atoms with E-state index in [1.54, 1.807) is 0 Å². The van der Waals surface area contributed by atoms with Gasteiger partial charge >= 0.3 is 0 Å². The third kappa shape index (κ3) is 3.85. The van der Waals surface area contributed by atoms with E-state index in [1.165, 1.54) is 12.8 Å². The Hall–Kier alpha value is -0.810. The molecule has 1 atom stereocenters. The van der Waals surface area contributed by atoms with Gasteiger partial charge in [0.05, 0.1) is 11.9 Å². The van der Waals surface area contributed by atoms with E-state index in [4.69, 9.17) is 0 Å². The summed E-state index contributed by atoms with van der Waals surface area (Å²) >= 11 is 1.86. The van der Waals surface area contributed by atoms with Crippen LogP contribution < -0.4 is 10.2 Å². The third-order valence-corrected chi connectivity index (χ3v) is 4.07. The van der Waals surface area contributed by atoms with Gasteiger partial charge in [-0.3, -0.25) is 4.98 Å². The maximum atomic E-state index is 4.67. The molecule has 18 heavy (non-hydrogen) atoms. The molecular formula is C13H22N4S. The monoisotopic (exact) mass is 266 g/mol. The number of nitrogens with zero attached hydrogens (tertiary/aromatic N) is 3. The summed E-state index contributed by atoms with van der Waals surface area (Å²) in [7, 11) is 2.09. The fourth-order valence-corrected chi connectivity index (χ4v) is 2.47. The molecule has 1 fully saturated rings. The van der Waals surface area contributed by atoms with Gasteiger partial charge in [-0.2, -0.15) is 11.8 Å². The zero-order valence-corrected chi connectivity index (χ0v) is 12.2. The number of anilines is 1. The minimum atomic E-state index is 0.473. The van der Waals surface area contributed by atoms with Crippen molar-refractivity contribution in [3.8, 4) is 0 Å². The first kappa shape index (κ1) is 13.6. The Morgan fingerprint density at radius 2 is 2.28 bits per heavy atom. The van der Waals surface area contributed by atoms with Crippen LogP contribution in [-0.2, 0) is 6.54 Å². The number of thioether (sulfide) groups is 1. The molecular weight excluding hydrogens is 244 g/mol. The van der Waals surface area contributed by atoms with Gasteiger partial charge in [0.2, 0.25) is 0 Å². The maximum Gasteiger partial charge on any atom is 0.147 e. The van der Waals surface area contributed by atoms with Gasteiger partial charge in [-0.15, -0.1) is 0 Å². The highest BCUT2D eigenvalue weighted by Gasteiger charge is 2.20. The predicted octanol–water partition coefficient (Wildman–Crippen LogP) is 1.92. The van der Waals surface area contributed by atoms with Crippen LogP contribution in [0, 0.1) is 0 Å². The molecule has 4 nitrogen and oxygen atoms in total. The first-order chi connectivity index (χ1) is 8.70. The second-order valence-electron chi connectivity index (χ2n) is 4.94. The number of hydrogen-bond acceptors (Lipinski definition) is 5. The molecule has 0 radical (unpaired) electrons. The fourth-order valence-electron chi connectivity index (χ4n) is 1.77. The maximum absolute atomic E-state index is 4.67. The van der Waals surface area contributed by atoms with E-state index in [0.717, 1.165) is 23.8 Å². The van der Waals surface area contributed by atoms with Crippen molar-refractivity contribution in [1.29, 1.82) is 0 Å². The van der Waals surface area contributed by atoms with Gasteiger partial charge in [-0.25, -0.2) is 4.98 Å². The number of rotatable bonds is 7. The lowest BCUT2D eigenvalue weighted by atomic mass is 10.3. The van der Waals surface area contributed by atoms with Crippen LogP contribution >= 0.6 is 11.8 Å². The van der Waals surface area contributed by atoms with Gasteiger partial charge in [0.25, 0.3) is 0 Å². The Bertz CT molecular complexity index is 381. The zero-order valence-electron chi connectivity index (χ0n) is 11.4. The minimum Gasteiger partial charge on any atom is -0.355 e. The molecule has 2 rings (SSSR count). The zero-order chi connectivity index (χ0) is 13.0. The number of nitrogens with one attached hydrogen (secondary N) is 1. The second-order valence-corrected chi connectivity index (χ2v) is 5.85. The van der Waals surface area contributed by atoms with Crippen LogP contribution in [0.2, 0.25) is 0 Å². The molecule has 5 heteroatoms. The second kappa shape index (κ2) is 6.38. The van der Waals surface area contributed by atoms with Crippen LogP contribution in [0.5, 0.6) is 0 Å². The summed E-state index contributed by atoms with van der Waals surface area (Å²) in [4.78, 5) is 11.2. The Balaban J connectivity index is 1.96. The molecule has 0 amide bonds. The number of hydrogen-bond donors (Lipinski definition) is 1. The largest absolute Gasteiger partial charge is 0.355 e. The highest BCUT2D eigenvalue weighted by molar-refractivity contribution is 7.98. The van der Waals surface area contributed by atoms with Crippen molar-refractivity contribution in [2.45, 2.75) is 38.4 Å². The Kier molecular flexibility index (Phi) is 4.83. The summed E-state index contributed by atoms with van der Waals surface area (Å²) in [6.45, 7) is 3.05. The molecule has 1 N–H and O–H groups in total. The molecule has 100 valence electrons. The molecule has 0 bridgehead atoms. The van der Waals surface area contributed by atoms with Crippen molar-refractivity contribution >= 4 is 17.6 Å². The molecule has 1 aliphatic rings. The highest BCUT2D eigenvalue weighted by atomic mass is 32.2. The smallest absolute Gasteiger partial charge is 0.147 e. The molecule has 0 aliphatic heterocycles. The third-order valence-electron chi connectivity index (χ3n) is 3.25. The lowest BCUT2D eigenvalue weighted by Crippen LogP contribution is -2.32. The lowest BCUT2D eigenvalue weighted by molar-refractivity contribution is 0.667. The first-order valence-electron chi connectivity index (χ1n) is 6.46. The van der Waals surface area contributed by atoms with Gasteiger partial charge in [0.15, 0.2) is 0 Å². The Morgan fingerprint density at radius 1 is 1.50 bits per heavy atom. The first-order valence-corrected chi connectivity index (χ1v) is 7.86. The van der Waals surface area contributed by atoms with E-state index >= 15 is 0 Å². The average molecular weight is 266 g/mol. The SMILES string of the molecule is CSCC(C)N(C)c1cncc(CNC2CC2)n1. The van der Waals surface area contributed by atoms with E-state index in [2.05, 4.69) is 40.4 Å². The van der Waals surface area contributed by atoms with Crippen LogP contribution in [0.25, 0.3) is 0 Å². The summed E-state index contributed by atoms with van der Waals surface area (Å²) in [6.07, 6.45) is 8.44. The van der Waals surface area contributed by atoms with Crippen LogP contribution in [0.4, 0.5) is 5.82 Å². The van der Waals surface area contributed by atoms with Crippen molar-refractivity contribution in [1.82, 2.24) is 15.3 Å². The number of aromatic nitrogens is 2. The van der Waals surface area contributed by atoms with Crippen molar-refractivity contribution < 1.29 is 0 Å². The molecule has 0 saturated heterocycles. The van der Waals surface area contributed by atoms with Gasteiger partial charge < -0.3 is 10.2 Å². The molecule has 0 aromatic carbocycles. The van der Waals surface area contributed by atoms with Gasteiger partial charge in [-0.05, 0) is 26.0 Å². The van der Waals surface area contributed by atoms with Crippen molar-refractivity contribution in [2.75, 3.05) is 24.0 Å². The summed E-state index contributed by atoms with van der Waals surface area (Å²) in [5.74, 6) is 2.06. The molecule has 1 aliphatic carbocycles. The fraction of sp³-hybridized carbons (Fsp3) is 0.692. The van der Waals surface area contributed by atoms with Gasteiger partial charge in [0.1, 0.15) is 5.82 Å². The Labute approximate surface area is 114 Å². The predicted molar refractivity (Wildman–Crippen MR) is 78.1 cm³/mol. The molecule has 1 saturated carbocycles. The molecule has 1 heterocycles. The van der Waals surface area contributed by atoms with E-state index < -0.39 is 0 Å². The topological polar surface area (TPSA) is 41.1 Å². The molecule has 1 aromatic rings. The minimum absolute atomic E-state index is 0.473. The van der Waals surface area contributed by atoms with E-state index in [9.17, 15) is 0 Å². The lowest BCUT2D eigenvalue weighted by Gasteiger charge is -2.25. The van der Waals surface area contributed by atoms with Crippen LogP contribution in [-0.4, -0.2) is 41.1 Å². The van der Waals surface area contributed by atoms with Crippen molar-refractivity contribution in [3.05, 3.63) is 18.1 Å². The molecule has 1 unspecified atom stereocenters. The average Bonchev–Trinajstić information content (AvgIpc) is 3.20. The van der Waals surface area contributed by atoms with Crippen molar-refractivity contribution in [2.24, 2.45) is 0 Å². The van der Waals surface area contributed by atoms with Gasteiger partial charge in [0, 0.05) is 37.6 Å². The van der Waals surface area contributed by atoms with Crippen LogP contribution in [0.1, 0.15) is 25.5 Å². The van der Waals surface area contributed by atoms with Crippen molar-refractivity contribution in [3.63, 3.8) is 0 Å². The van der Waals surface area contributed by atoms with Crippen LogP contribution in [0.15, 0.2) is 12.4 Å². The quantitative estimate of drug-likeness (QED) is 0.816. The Morgan fingerprint density at radius 3 is 2.94 bits per heavy atom. The molecule has 0 spiro atoms. The van der Waals surface area contributed by atoms with Crippen LogP contribution in [0.3, 0.4) is 0 Å². The van der Waals surface area contributed by atoms with Gasteiger partial charge in [-0.1, -0.05) is 0 Å². The molecule has 1 aromatic heterocycles. The summed E-state index contributed by atoms with van der Waals surface area (Å²) in [5.41, 5.74) is 1.03. The van der Waals surface area contributed by atoms with E-state index in [0.29, 0.717) is 12.1 Å². The van der Waals surface area contributed by atoms with E-state index in [-0.39, 0.29) is 0 Å². The summed E-state index contributed by atoms with van der Waals surface area (Å²) < 4.78 is 0. The standard InChI is InChI=1S/C13H22N4S/c1-10(9-18-3)17(2)13-8-14-6-12(16-13)7-15-11-4-5-11/h6,8,10-11,15H,4-5,7,9H2,1-3H3. The summed E-state index contributed by atoms with van der Waals surface area (Å²) in [5, 5.41) is 3.47. The van der Waals surface area contributed by atoms with E-state index in [1.807, 2.05) is 24.2 Å². The highest BCUT2D eigenvalue weighted by Crippen LogP contribution is 2.19. The normalized spacial score (nSPS) is 16.6. The summed E-state index contributed by atoms with van der Waals surface area (Å²) in [6, 6.07) is 1.18.